The lowest BCUT2D eigenvalue weighted by Gasteiger charge is -2.15. The highest BCUT2D eigenvalue weighted by molar-refractivity contribution is 5.73. The molecule has 0 saturated heterocycles. The maximum absolute atomic E-state index is 6.11. The van der Waals surface area contributed by atoms with Gasteiger partial charge in [0.05, 0.1) is 5.69 Å². The number of para-hydroxylation sites is 2. The van der Waals surface area contributed by atoms with Crippen LogP contribution >= 0.6 is 0 Å². The van der Waals surface area contributed by atoms with Crippen molar-refractivity contribution in [3.63, 3.8) is 0 Å². The van der Waals surface area contributed by atoms with Crippen molar-refractivity contribution in [2.75, 3.05) is 11.5 Å². The summed E-state index contributed by atoms with van der Waals surface area (Å²) in [6.07, 6.45) is 0. The van der Waals surface area contributed by atoms with Crippen molar-refractivity contribution < 1.29 is 9.47 Å². The highest BCUT2D eigenvalue weighted by atomic mass is 16.5. The Balaban J connectivity index is 1.73. The van der Waals surface area contributed by atoms with E-state index >= 15 is 0 Å². The summed E-state index contributed by atoms with van der Waals surface area (Å²) in [7, 11) is 0. The highest BCUT2D eigenvalue weighted by Crippen LogP contribution is 2.38. The number of hydrogen-bond acceptors (Lipinski definition) is 4. The van der Waals surface area contributed by atoms with Gasteiger partial charge in [-0.3, -0.25) is 0 Å². The lowest BCUT2D eigenvalue weighted by Crippen LogP contribution is -1.94. The molecular formula is C24H20N2O2. The standard InChI is InChI=1S/C24H20N2O2/c25-18-9-6-10-19(15-18)27-23-14-13-20(28-24-12-5-4-11-22(24)26)16-21(23)17-7-2-1-3-8-17/h1-16H,25-26H2. The average Bonchev–Trinajstić information content (AvgIpc) is 2.71. The van der Waals surface area contributed by atoms with E-state index in [1.165, 1.54) is 0 Å². The smallest absolute Gasteiger partial charge is 0.150 e. The maximum Gasteiger partial charge on any atom is 0.150 e. The molecule has 4 nitrogen and oxygen atoms in total. The molecule has 28 heavy (non-hydrogen) atoms. The van der Waals surface area contributed by atoms with Gasteiger partial charge in [-0.2, -0.15) is 0 Å². The summed E-state index contributed by atoms with van der Waals surface area (Å²) in [5.41, 5.74) is 15.0. The average molecular weight is 368 g/mol. The molecular weight excluding hydrogens is 348 g/mol. The molecule has 4 heteroatoms. The summed E-state index contributed by atoms with van der Waals surface area (Å²) in [5, 5.41) is 0. The van der Waals surface area contributed by atoms with E-state index in [4.69, 9.17) is 20.9 Å². The Morgan fingerprint density at radius 3 is 2.04 bits per heavy atom. The van der Waals surface area contributed by atoms with Crippen molar-refractivity contribution in [3.8, 4) is 34.1 Å². The molecule has 0 aliphatic carbocycles. The minimum atomic E-state index is 0.587. The normalized spacial score (nSPS) is 10.4. The van der Waals surface area contributed by atoms with Gasteiger partial charge in [-0.1, -0.05) is 48.5 Å². The second-order valence-electron chi connectivity index (χ2n) is 6.34. The van der Waals surface area contributed by atoms with E-state index in [1.807, 2.05) is 91.0 Å². The fourth-order valence-electron chi connectivity index (χ4n) is 2.91. The molecule has 4 aromatic carbocycles. The third kappa shape index (κ3) is 3.91. The zero-order valence-electron chi connectivity index (χ0n) is 15.2. The fourth-order valence-corrected chi connectivity index (χ4v) is 2.91. The van der Waals surface area contributed by atoms with Crippen LogP contribution in [0.5, 0.6) is 23.0 Å². The van der Waals surface area contributed by atoms with Gasteiger partial charge in [0, 0.05) is 17.3 Å². The quantitative estimate of drug-likeness (QED) is 0.417. The van der Waals surface area contributed by atoms with Crippen LogP contribution < -0.4 is 20.9 Å². The van der Waals surface area contributed by atoms with E-state index in [0.29, 0.717) is 34.4 Å². The Morgan fingerprint density at radius 1 is 0.536 bits per heavy atom. The first kappa shape index (κ1) is 17.5. The van der Waals surface area contributed by atoms with Crippen molar-refractivity contribution in [1.29, 1.82) is 0 Å². The van der Waals surface area contributed by atoms with Gasteiger partial charge in [0.1, 0.15) is 23.0 Å². The van der Waals surface area contributed by atoms with Gasteiger partial charge >= 0.3 is 0 Å². The van der Waals surface area contributed by atoms with Gasteiger partial charge in [-0.15, -0.1) is 0 Å². The topological polar surface area (TPSA) is 70.5 Å². The number of ether oxygens (including phenoxy) is 2. The Bertz CT molecular complexity index is 1090. The van der Waals surface area contributed by atoms with Crippen molar-refractivity contribution in [2.45, 2.75) is 0 Å². The van der Waals surface area contributed by atoms with Crippen LogP contribution in [0, 0.1) is 0 Å². The first-order chi connectivity index (χ1) is 13.7. The number of anilines is 2. The minimum Gasteiger partial charge on any atom is -0.457 e. The van der Waals surface area contributed by atoms with Crippen molar-refractivity contribution >= 4 is 11.4 Å². The van der Waals surface area contributed by atoms with Gasteiger partial charge in [0.25, 0.3) is 0 Å². The molecule has 0 radical (unpaired) electrons. The Hall–Kier alpha value is -3.92. The van der Waals surface area contributed by atoms with Crippen LogP contribution in [0.3, 0.4) is 0 Å². The molecule has 0 spiro atoms. The van der Waals surface area contributed by atoms with Crippen LogP contribution in [0.4, 0.5) is 11.4 Å². The molecule has 0 fully saturated rings. The molecule has 0 unspecified atom stereocenters. The van der Waals surface area contributed by atoms with Gasteiger partial charge < -0.3 is 20.9 Å². The van der Waals surface area contributed by atoms with E-state index in [-0.39, 0.29) is 0 Å². The predicted octanol–water partition coefficient (Wildman–Crippen LogP) is 6.10. The predicted molar refractivity (Wildman–Crippen MR) is 114 cm³/mol. The molecule has 0 saturated carbocycles. The molecule has 0 atom stereocenters. The first-order valence-corrected chi connectivity index (χ1v) is 8.94. The SMILES string of the molecule is Nc1cccc(Oc2ccc(Oc3ccccc3N)cc2-c2ccccc2)c1. The second-order valence-corrected chi connectivity index (χ2v) is 6.34. The summed E-state index contributed by atoms with van der Waals surface area (Å²) in [6, 6.07) is 30.5. The van der Waals surface area contributed by atoms with E-state index in [0.717, 1.165) is 11.1 Å². The zero-order chi connectivity index (χ0) is 19.3. The number of nitrogens with two attached hydrogens (primary N) is 2. The molecule has 138 valence electrons. The number of benzene rings is 4. The second kappa shape index (κ2) is 7.76. The highest BCUT2D eigenvalue weighted by Gasteiger charge is 2.11. The third-order valence-electron chi connectivity index (χ3n) is 4.27. The number of rotatable bonds is 5. The van der Waals surface area contributed by atoms with E-state index in [9.17, 15) is 0 Å². The summed E-state index contributed by atoms with van der Waals surface area (Å²) >= 11 is 0. The summed E-state index contributed by atoms with van der Waals surface area (Å²) < 4.78 is 12.1. The van der Waals surface area contributed by atoms with Gasteiger partial charge in [0.2, 0.25) is 0 Å². The van der Waals surface area contributed by atoms with Crippen molar-refractivity contribution in [1.82, 2.24) is 0 Å². The van der Waals surface area contributed by atoms with Crippen molar-refractivity contribution in [3.05, 3.63) is 97.1 Å². The summed E-state index contributed by atoms with van der Waals surface area (Å²) in [6.45, 7) is 0. The molecule has 0 aliphatic heterocycles. The van der Waals surface area contributed by atoms with Crippen LogP contribution in [0.15, 0.2) is 97.1 Å². The van der Waals surface area contributed by atoms with Crippen molar-refractivity contribution in [2.24, 2.45) is 0 Å². The number of nitrogen functional groups attached to an aromatic ring is 2. The maximum atomic E-state index is 6.11. The molecule has 0 aliphatic rings. The molecule has 0 bridgehead atoms. The summed E-state index contributed by atoms with van der Waals surface area (Å²) in [4.78, 5) is 0. The van der Waals surface area contributed by atoms with E-state index < -0.39 is 0 Å². The van der Waals surface area contributed by atoms with E-state index in [1.54, 1.807) is 6.07 Å². The van der Waals surface area contributed by atoms with Crippen LogP contribution in [0.25, 0.3) is 11.1 Å². The molecule has 0 aromatic heterocycles. The third-order valence-corrected chi connectivity index (χ3v) is 4.27. The van der Waals surface area contributed by atoms with Crippen LogP contribution in [-0.4, -0.2) is 0 Å². The largest absolute Gasteiger partial charge is 0.457 e. The van der Waals surface area contributed by atoms with Crippen LogP contribution in [-0.2, 0) is 0 Å². The van der Waals surface area contributed by atoms with Crippen LogP contribution in [0.2, 0.25) is 0 Å². The molecule has 4 aromatic rings. The fraction of sp³-hybridized carbons (Fsp3) is 0. The van der Waals surface area contributed by atoms with Gasteiger partial charge in [-0.05, 0) is 48.0 Å². The monoisotopic (exact) mass is 368 g/mol. The number of hydrogen-bond donors (Lipinski definition) is 2. The van der Waals surface area contributed by atoms with E-state index in [2.05, 4.69) is 0 Å². The lowest BCUT2D eigenvalue weighted by atomic mass is 10.0. The minimum absolute atomic E-state index is 0.587. The van der Waals surface area contributed by atoms with Gasteiger partial charge in [-0.25, -0.2) is 0 Å². The Kier molecular flexibility index (Phi) is 4.85. The molecule has 0 heterocycles. The zero-order valence-corrected chi connectivity index (χ0v) is 15.2. The van der Waals surface area contributed by atoms with Crippen LogP contribution in [0.1, 0.15) is 0 Å². The lowest BCUT2D eigenvalue weighted by molar-refractivity contribution is 0.472. The first-order valence-electron chi connectivity index (χ1n) is 8.94. The molecule has 4 N–H and O–H groups in total. The Labute approximate surface area is 164 Å². The summed E-state index contributed by atoms with van der Waals surface area (Å²) in [5.74, 6) is 2.69. The Morgan fingerprint density at radius 2 is 1.25 bits per heavy atom. The molecule has 4 rings (SSSR count). The van der Waals surface area contributed by atoms with Gasteiger partial charge in [0.15, 0.2) is 0 Å². The molecule has 0 amide bonds.